The van der Waals surface area contributed by atoms with E-state index in [-0.39, 0.29) is 13.2 Å². The predicted octanol–water partition coefficient (Wildman–Crippen LogP) is 2.57. The highest BCUT2D eigenvalue weighted by molar-refractivity contribution is 4.87. The van der Waals surface area contributed by atoms with Gasteiger partial charge in [0.1, 0.15) is 24.4 Å². The Balaban J connectivity index is 1.83. The van der Waals surface area contributed by atoms with Crippen LogP contribution in [-0.4, -0.2) is 59.6 Å². The summed E-state index contributed by atoms with van der Waals surface area (Å²) >= 11 is 0. The summed E-state index contributed by atoms with van der Waals surface area (Å²) < 4.78 is 10.6. The molecule has 0 amide bonds. The fraction of sp³-hybridized carbons (Fsp3) is 0.895. The average molecular weight is 344 g/mol. The van der Waals surface area contributed by atoms with Crippen molar-refractivity contribution in [2.75, 3.05) is 19.8 Å². The third-order valence-electron chi connectivity index (χ3n) is 4.56. The van der Waals surface area contributed by atoms with Gasteiger partial charge in [-0.1, -0.05) is 51.0 Å². The van der Waals surface area contributed by atoms with Gasteiger partial charge in [-0.15, -0.1) is 6.58 Å². The summed E-state index contributed by atoms with van der Waals surface area (Å²) in [5.41, 5.74) is 0. The number of hydrogen-bond donors (Lipinski definition) is 3. The molecular formula is C19H36O5. The van der Waals surface area contributed by atoms with Crippen LogP contribution in [0.1, 0.15) is 64.2 Å². The topological polar surface area (TPSA) is 79.2 Å². The van der Waals surface area contributed by atoms with Crippen LogP contribution in [0.25, 0.3) is 0 Å². The van der Waals surface area contributed by atoms with Gasteiger partial charge in [0.25, 0.3) is 0 Å². The van der Waals surface area contributed by atoms with Gasteiger partial charge in [-0.05, 0) is 19.3 Å². The number of rotatable bonds is 15. The highest BCUT2D eigenvalue weighted by Crippen LogP contribution is 2.18. The maximum Gasteiger partial charge on any atom is 0.114 e. The molecule has 24 heavy (non-hydrogen) atoms. The van der Waals surface area contributed by atoms with Crippen LogP contribution in [0.2, 0.25) is 0 Å². The van der Waals surface area contributed by atoms with Crippen LogP contribution < -0.4 is 0 Å². The van der Waals surface area contributed by atoms with Gasteiger partial charge in [0, 0.05) is 6.61 Å². The molecule has 1 aliphatic heterocycles. The zero-order valence-corrected chi connectivity index (χ0v) is 14.9. The molecule has 1 rings (SSSR count). The van der Waals surface area contributed by atoms with Crippen molar-refractivity contribution >= 4 is 0 Å². The monoisotopic (exact) mass is 344 g/mol. The number of unbranched alkanes of at least 4 members (excludes halogenated alkanes) is 9. The van der Waals surface area contributed by atoms with E-state index in [1.807, 2.05) is 6.08 Å². The van der Waals surface area contributed by atoms with Gasteiger partial charge < -0.3 is 24.8 Å². The minimum Gasteiger partial charge on any atom is -0.388 e. The Bertz CT molecular complexity index is 310. The van der Waals surface area contributed by atoms with Gasteiger partial charge in [-0.2, -0.15) is 0 Å². The highest BCUT2D eigenvalue weighted by Gasteiger charge is 2.39. The van der Waals surface area contributed by atoms with Crippen molar-refractivity contribution in [2.24, 2.45) is 0 Å². The van der Waals surface area contributed by atoms with E-state index in [1.165, 1.54) is 44.9 Å². The molecule has 1 saturated heterocycles. The molecule has 0 aromatic carbocycles. The third kappa shape index (κ3) is 9.14. The van der Waals surface area contributed by atoms with Crippen molar-refractivity contribution in [2.45, 2.75) is 88.6 Å². The first-order chi connectivity index (χ1) is 11.7. The number of ether oxygens (including phenoxy) is 2. The summed E-state index contributed by atoms with van der Waals surface area (Å²) in [6.07, 6.45) is 10.8. The molecule has 0 aromatic heterocycles. The summed E-state index contributed by atoms with van der Waals surface area (Å²) in [6, 6.07) is 0. The quantitative estimate of drug-likeness (QED) is 0.314. The summed E-state index contributed by atoms with van der Waals surface area (Å²) in [5.74, 6) is 0. The average Bonchev–Trinajstić information content (AvgIpc) is 2.91. The molecule has 0 bridgehead atoms. The molecule has 1 aliphatic rings. The van der Waals surface area contributed by atoms with Crippen LogP contribution in [0.3, 0.4) is 0 Å². The second-order valence-electron chi connectivity index (χ2n) is 6.76. The Morgan fingerprint density at radius 2 is 1.58 bits per heavy atom. The lowest BCUT2D eigenvalue weighted by atomic mass is 10.1. The SMILES string of the molecule is C=CCCCCCCCCCCCOC[C@@H](O)[C@H]1OC[C@H](O)[C@H]1O. The molecule has 0 aliphatic carbocycles. The van der Waals surface area contributed by atoms with E-state index in [1.54, 1.807) is 0 Å². The van der Waals surface area contributed by atoms with Crippen LogP contribution in [0.4, 0.5) is 0 Å². The van der Waals surface area contributed by atoms with Crippen molar-refractivity contribution in [3.63, 3.8) is 0 Å². The molecule has 0 radical (unpaired) electrons. The van der Waals surface area contributed by atoms with Crippen molar-refractivity contribution in [3.8, 4) is 0 Å². The van der Waals surface area contributed by atoms with E-state index in [0.717, 1.165) is 19.3 Å². The molecule has 4 atom stereocenters. The van der Waals surface area contributed by atoms with Crippen LogP contribution in [-0.2, 0) is 9.47 Å². The minimum atomic E-state index is -1.03. The maximum absolute atomic E-state index is 9.89. The summed E-state index contributed by atoms with van der Waals surface area (Å²) in [4.78, 5) is 0. The van der Waals surface area contributed by atoms with E-state index in [0.29, 0.717) is 6.61 Å². The highest BCUT2D eigenvalue weighted by atomic mass is 16.5. The lowest BCUT2D eigenvalue weighted by Gasteiger charge is -2.20. The first-order valence-electron chi connectivity index (χ1n) is 9.51. The first kappa shape index (κ1) is 21.6. The second-order valence-corrected chi connectivity index (χ2v) is 6.76. The Morgan fingerprint density at radius 3 is 2.12 bits per heavy atom. The van der Waals surface area contributed by atoms with Gasteiger partial charge in [0.2, 0.25) is 0 Å². The fourth-order valence-corrected chi connectivity index (χ4v) is 2.99. The Kier molecular flexibility index (Phi) is 12.4. The molecule has 1 fully saturated rings. The largest absolute Gasteiger partial charge is 0.388 e. The smallest absolute Gasteiger partial charge is 0.114 e. The summed E-state index contributed by atoms with van der Waals surface area (Å²) in [7, 11) is 0. The van der Waals surface area contributed by atoms with Crippen molar-refractivity contribution < 1.29 is 24.8 Å². The molecule has 5 heteroatoms. The van der Waals surface area contributed by atoms with Crippen molar-refractivity contribution in [1.82, 2.24) is 0 Å². The predicted molar refractivity (Wildman–Crippen MR) is 94.9 cm³/mol. The molecule has 142 valence electrons. The fourth-order valence-electron chi connectivity index (χ4n) is 2.99. The summed E-state index contributed by atoms with van der Waals surface area (Å²) in [5, 5.41) is 28.9. The molecule has 0 aromatic rings. The number of hydrogen-bond acceptors (Lipinski definition) is 5. The molecule has 3 N–H and O–H groups in total. The first-order valence-corrected chi connectivity index (χ1v) is 9.51. The maximum atomic E-state index is 9.89. The molecule has 5 nitrogen and oxygen atoms in total. The Hall–Kier alpha value is -0.460. The second kappa shape index (κ2) is 13.8. The number of aliphatic hydroxyl groups is 3. The van der Waals surface area contributed by atoms with E-state index < -0.39 is 24.4 Å². The van der Waals surface area contributed by atoms with Crippen LogP contribution >= 0.6 is 0 Å². The zero-order valence-electron chi connectivity index (χ0n) is 14.9. The van der Waals surface area contributed by atoms with E-state index in [2.05, 4.69) is 6.58 Å². The van der Waals surface area contributed by atoms with Crippen molar-refractivity contribution in [3.05, 3.63) is 12.7 Å². The van der Waals surface area contributed by atoms with Crippen LogP contribution in [0.15, 0.2) is 12.7 Å². The van der Waals surface area contributed by atoms with E-state index in [4.69, 9.17) is 9.47 Å². The molecular weight excluding hydrogens is 308 g/mol. The van der Waals surface area contributed by atoms with Gasteiger partial charge >= 0.3 is 0 Å². The molecule has 0 spiro atoms. The zero-order chi connectivity index (χ0) is 17.6. The Morgan fingerprint density at radius 1 is 1.00 bits per heavy atom. The van der Waals surface area contributed by atoms with Gasteiger partial charge in [0.15, 0.2) is 0 Å². The number of aliphatic hydroxyl groups excluding tert-OH is 3. The normalized spacial score (nSPS) is 25.0. The molecule has 0 unspecified atom stereocenters. The van der Waals surface area contributed by atoms with Gasteiger partial charge in [0.05, 0.1) is 13.2 Å². The molecule has 1 heterocycles. The van der Waals surface area contributed by atoms with E-state index >= 15 is 0 Å². The lowest BCUT2D eigenvalue weighted by Crippen LogP contribution is -2.40. The lowest BCUT2D eigenvalue weighted by molar-refractivity contribution is -0.0813. The van der Waals surface area contributed by atoms with Crippen LogP contribution in [0.5, 0.6) is 0 Å². The van der Waals surface area contributed by atoms with Crippen molar-refractivity contribution in [1.29, 1.82) is 0 Å². The molecule has 0 saturated carbocycles. The Labute approximate surface area is 146 Å². The summed E-state index contributed by atoms with van der Waals surface area (Å²) in [6.45, 7) is 4.55. The minimum absolute atomic E-state index is 0.0666. The number of allylic oxidation sites excluding steroid dienone is 1. The van der Waals surface area contributed by atoms with E-state index in [9.17, 15) is 15.3 Å². The van der Waals surface area contributed by atoms with Gasteiger partial charge in [-0.25, -0.2) is 0 Å². The van der Waals surface area contributed by atoms with Crippen LogP contribution in [0, 0.1) is 0 Å². The standard InChI is InChI=1S/C19H36O5/c1-2-3-4-5-6-7-8-9-10-11-12-13-23-14-17(21)19-18(22)16(20)15-24-19/h2,16-22H,1,3-15H2/t16-,17+,18+,19+/m0/s1. The van der Waals surface area contributed by atoms with Gasteiger partial charge in [-0.3, -0.25) is 0 Å². The third-order valence-corrected chi connectivity index (χ3v) is 4.56.